The van der Waals surface area contributed by atoms with E-state index in [1.54, 1.807) is 4.57 Å². The Bertz CT molecular complexity index is 5690. The molecule has 0 aliphatic carbocycles. The number of benzene rings is 11. The van der Waals surface area contributed by atoms with Crippen LogP contribution in [0.2, 0.25) is 0 Å². The van der Waals surface area contributed by atoms with Crippen LogP contribution in [0.1, 0.15) is 169 Å². The molecule has 100 heavy (non-hydrogen) atoms. The van der Waals surface area contributed by atoms with Crippen molar-refractivity contribution in [1.29, 1.82) is 0 Å². The molecule has 0 atom stereocenters. The summed E-state index contributed by atoms with van der Waals surface area (Å²) in [5.74, 6) is 0. The van der Waals surface area contributed by atoms with Crippen LogP contribution in [-0.4, -0.2) is 16.3 Å². The van der Waals surface area contributed by atoms with E-state index in [-0.39, 0.29) is 73.1 Å². The first-order valence-corrected chi connectivity index (χ1v) is 35.5. The van der Waals surface area contributed by atoms with Crippen LogP contribution in [0.15, 0.2) is 249 Å². The van der Waals surface area contributed by atoms with Crippen LogP contribution in [0.3, 0.4) is 0 Å². The van der Waals surface area contributed by atoms with Gasteiger partial charge in [0.15, 0.2) is 0 Å². The zero-order valence-electron chi connectivity index (χ0n) is 69.4. The lowest BCUT2D eigenvalue weighted by atomic mass is 9.33. The van der Waals surface area contributed by atoms with Crippen LogP contribution >= 0.6 is 0 Å². The van der Waals surface area contributed by atoms with Gasteiger partial charge in [-0.05, 0) is 178 Å². The van der Waals surface area contributed by atoms with Crippen molar-refractivity contribution in [3.8, 4) is 61.5 Å². The molecule has 0 N–H and O–H groups in total. The fourth-order valence-electron chi connectivity index (χ4n) is 14.9. The van der Waals surface area contributed by atoms with Gasteiger partial charge in [-0.1, -0.05) is 294 Å². The van der Waals surface area contributed by atoms with E-state index in [9.17, 15) is 8.22 Å². The van der Waals surface area contributed by atoms with Gasteiger partial charge in [-0.3, -0.25) is 4.98 Å². The van der Waals surface area contributed by atoms with Gasteiger partial charge in [0.1, 0.15) is 0 Å². The van der Waals surface area contributed by atoms with Crippen molar-refractivity contribution >= 4 is 79.0 Å². The van der Waals surface area contributed by atoms with Crippen molar-refractivity contribution in [2.75, 3.05) is 9.80 Å². The van der Waals surface area contributed by atoms with Gasteiger partial charge in [0, 0.05) is 72.6 Å². The number of anilines is 6. The molecule has 0 radical (unpaired) electrons. The normalized spacial score (nSPS) is 14.6. The van der Waals surface area contributed by atoms with E-state index in [1.807, 2.05) is 6.07 Å². The van der Waals surface area contributed by atoms with Crippen molar-refractivity contribution in [2.24, 2.45) is 0 Å². The Balaban J connectivity index is 1.18. The van der Waals surface area contributed by atoms with E-state index in [0.29, 0.717) is 5.69 Å². The number of nitrogens with zero attached hydrogens (tertiary/aromatic N) is 4. The quantitative estimate of drug-likeness (QED) is 0.142. The molecule has 0 amide bonds. The Hall–Kier alpha value is -9.97. The topological polar surface area (TPSA) is 24.3 Å². The van der Waals surface area contributed by atoms with E-state index in [0.717, 1.165) is 129 Å². The Morgan fingerprint density at radius 3 is 1.17 bits per heavy atom. The molecule has 0 saturated heterocycles. The summed E-state index contributed by atoms with van der Waals surface area (Å²) in [7, 11) is 0. The van der Waals surface area contributed by atoms with Gasteiger partial charge in [0.05, 0.1) is 39.1 Å². The van der Waals surface area contributed by atoms with Gasteiger partial charge in [0.25, 0.3) is 6.71 Å². The highest BCUT2D eigenvalue weighted by atomic mass is 15.2. The largest absolute Gasteiger partial charge is 0.310 e. The van der Waals surface area contributed by atoms with Crippen molar-refractivity contribution in [1.82, 2.24) is 9.55 Å². The predicted molar refractivity (Wildman–Crippen MR) is 432 cm³/mol. The first kappa shape index (κ1) is 56.9. The van der Waals surface area contributed by atoms with Crippen LogP contribution in [0.25, 0.3) is 83.3 Å². The van der Waals surface area contributed by atoms with Crippen LogP contribution < -0.4 is 26.2 Å². The fourth-order valence-corrected chi connectivity index (χ4v) is 14.9. The molecule has 2 aliphatic rings. The van der Waals surface area contributed by atoms with E-state index < -0.39 is 36.3 Å². The Kier molecular flexibility index (Phi) is 13.6. The van der Waals surface area contributed by atoms with Crippen LogP contribution in [0.5, 0.6) is 0 Å². The first-order valence-electron chi connectivity index (χ1n) is 39.5. The third-order valence-electron chi connectivity index (χ3n) is 20.7. The monoisotopic (exact) mass is 1310 g/mol. The lowest BCUT2D eigenvalue weighted by molar-refractivity contribution is 0.569. The minimum Gasteiger partial charge on any atom is -0.310 e. The van der Waals surface area contributed by atoms with Crippen LogP contribution in [0.4, 0.5) is 34.1 Å². The Morgan fingerprint density at radius 2 is 0.720 bits per heavy atom. The average molecular weight is 1310 g/mol. The molecule has 0 spiro atoms. The van der Waals surface area contributed by atoms with Crippen molar-refractivity contribution < 1.29 is 11.0 Å². The van der Waals surface area contributed by atoms with E-state index >= 15 is 0 Å². The molecule has 0 saturated carbocycles. The SMILES string of the molecule is [2H]c1c([2H])c([2H])c2c(c1[2H])c1c([2H])c([2H])c([2H])c([2H])c1n2-c1ccc2c(c1)N(c1c(-c3ccccc3)cc(C(C)(C)C)cc1-c1ccccc1)c1cc(C(C)(C)C)cc3c1B2c1ccc(-c2cc(C(C)(C)C)cc(C(C)(C)C)c2)cc1N3c1c(-c2ccccc2)cc(C(C)(C)C)cc1-c1cccc(C(C)(C)C)n1. The number of hydrogen-bond acceptors (Lipinski definition) is 3. The predicted octanol–water partition coefficient (Wildman–Crippen LogP) is 24.4. The molecule has 5 heteroatoms. The highest BCUT2D eigenvalue weighted by Crippen LogP contribution is 2.56. The van der Waals surface area contributed by atoms with E-state index in [2.05, 4.69) is 329 Å². The summed E-state index contributed by atoms with van der Waals surface area (Å²) in [6.07, 6.45) is 0. The maximum Gasteiger partial charge on any atom is 0.252 e. The number of pyridine rings is 1. The third kappa shape index (κ3) is 11.6. The van der Waals surface area contributed by atoms with E-state index in [1.165, 1.54) is 11.1 Å². The van der Waals surface area contributed by atoms with Crippen LogP contribution in [0, 0.1) is 0 Å². The lowest BCUT2D eigenvalue weighted by Gasteiger charge is -2.47. The molecule has 4 nitrogen and oxygen atoms in total. The zero-order chi connectivity index (χ0) is 77.3. The van der Waals surface area contributed by atoms with Gasteiger partial charge in [-0.15, -0.1) is 0 Å². The molecule has 13 aromatic rings. The molecular weight excluding hydrogens is 1210 g/mol. The molecule has 0 unspecified atom stereocenters. The summed E-state index contributed by atoms with van der Waals surface area (Å²) in [5, 5.41) is 0.0329. The minimum absolute atomic E-state index is 0.0164. The summed E-state index contributed by atoms with van der Waals surface area (Å²) in [4.78, 5) is 10.8. The van der Waals surface area contributed by atoms with Crippen LogP contribution in [-0.2, 0) is 32.5 Å². The number of rotatable bonds is 8. The van der Waals surface area contributed by atoms with Gasteiger partial charge >= 0.3 is 0 Å². The molecule has 4 heterocycles. The van der Waals surface area contributed by atoms with Gasteiger partial charge in [-0.2, -0.15) is 0 Å². The maximum absolute atomic E-state index is 9.86. The Morgan fingerprint density at radius 1 is 0.320 bits per heavy atom. The average Bonchev–Trinajstić information content (AvgIpc) is 0.795. The zero-order valence-corrected chi connectivity index (χ0v) is 61.4. The molecule has 0 fully saturated rings. The number of hydrogen-bond donors (Lipinski definition) is 0. The van der Waals surface area contributed by atoms with E-state index in [4.69, 9.17) is 7.73 Å². The molecule has 15 rings (SSSR count). The molecule has 2 aromatic heterocycles. The molecule has 0 bridgehead atoms. The molecule has 498 valence electrons. The highest BCUT2D eigenvalue weighted by Gasteiger charge is 2.47. The number of fused-ring (bicyclic) bond motifs is 7. The second-order valence-electron chi connectivity index (χ2n) is 34.0. The maximum atomic E-state index is 9.86. The summed E-state index contributed by atoms with van der Waals surface area (Å²) < 4.78 is 77.3. The highest BCUT2D eigenvalue weighted by molar-refractivity contribution is 7.00. The molecule has 11 aromatic carbocycles. The van der Waals surface area contributed by atoms with Crippen molar-refractivity contribution in [3.63, 3.8) is 0 Å². The van der Waals surface area contributed by atoms with Gasteiger partial charge in [0.2, 0.25) is 0 Å². The smallest absolute Gasteiger partial charge is 0.252 e. The number of aromatic nitrogens is 2. The fraction of sp³-hybridized carbons (Fsp3) is 0.253. The molecule has 2 aliphatic heterocycles. The summed E-state index contributed by atoms with van der Waals surface area (Å²) in [6.45, 7) is 40.5. The van der Waals surface area contributed by atoms with Gasteiger partial charge < -0.3 is 14.4 Å². The third-order valence-corrected chi connectivity index (χ3v) is 20.7. The second kappa shape index (κ2) is 23.9. The second-order valence-corrected chi connectivity index (χ2v) is 34.0. The summed E-state index contributed by atoms with van der Waals surface area (Å²) >= 11 is 0. The number of para-hydroxylation sites is 2. The summed E-state index contributed by atoms with van der Waals surface area (Å²) in [6, 6.07) is 70.2. The van der Waals surface area contributed by atoms with Crippen molar-refractivity contribution in [3.05, 3.63) is 282 Å². The van der Waals surface area contributed by atoms with Gasteiger partial charge in [-0.25, -0.2) is 0 Å². The summed E-state index contributed by atoms with van der Waals surface area (Å²) in [5.41, 5.74) is 24.3. The molecular formula is C95H95BN4. The standard InChI is InChI=1S/C95H95BN4/c1-90(2,3)65-49-64(50-66(52-65)91(4,5)6)63-45-47-77-82(51-63)99(89-75(62-37-26-21-27-38-62)55-68(93(10,11)12)56-76(89)79-41-32-44-86(97-79)95(16,17)18)84-57-69(94(13,14)15)58-85-87(84)96(77)78-48-46-70(98-80-42-30-28-39-71(80)72-40-29-31-43-81(72)98)59-83(78)100(85)88-73(60-33-22-19-23-34-60)53-67(92(7,8)9)54-74(88)61-35-24-20-25-36-61/h19-59H,1-18H3/i28D,29D,30D,31D,39D,40D,42D,43D. The lowest BCUT2D eigenvalue weighted by Crippen LogP contribution is -2.61. The first-order chi connectivity index (χ1) is 50.7. The van der Waals surface area contributed by atoms with Crippen molar-refractivity contribution in [2.45, 2.75) is 157 Å². The minimum atomic E-state index is -0.495. The Labute approximate surface area is 606 Å².